The number of rotatable bonds is 5. The molecule has 0 atom stereocenters. The van der Waals surface area contributed by atoms with Crippen LogP contribution in [0.15, 0.2) is 24.8 Å². The highest BCUT2D eigenvalue weighted by atomic mass is 16.4. The topological polar surface area (TPSA) is 96.6 Å². The summed E-state index contributed by atoms with van der Waals surface area (Å²) >= 11 is 0. The molecule has 1 amide bonds. The highest BCUT2D eigenvalue weighted by Crippen LogP contribution is 2.43. The van der Waals surface area contributed by atoms with Crippen LogP contribution in [-0.4, -0.2) is 38.1 Å². The van der Waals surface area contributed by atoms with E-state index in [9.17, 15) is 9.59 Å². The predicted octanol–water partition coefficient (Wildman–Crippen LogP) is 1.10. The maximum Gasteiger partial charge on any atom is 0.303 e. The number of carbonyl (C=O) groups excluding carboxylic acids is 1. The van der Waals surface area contributed by atoms with Crippen LogP contribution in [0, 0.1) is 5.41 Å². The van der Waals surface area contributed by atoms with Crippen LogP contribution in [0.5, 0.6) is 0 Å². The molecule has 2 heterocycles. The van der Waals surface area contributed by atoms with Crippen LogP contribution in [0.3, 0.4) is 0 Å². The first-order valence-corrected chi connectivity index (χ1v) is 6.87. The van der Waals surface area contributed by atoms with Gasteiger partial charge < -0.3 is 10.4 Å². The molecule has 110 valence electrons. The van der Waals surface area contributed by atoms with E-state index < -0.39 is 5.97 Å². The van der Waals surface area contributed by atoms with Crippen molar-refractivity contribution in [1.82, 2.24) is 19.9 Å². The smallest absolute Gasteiger partial charge is 0.303 e. The normalized spacial score (nSPS) is 16.4. The van der Waals surface area contributed by atoms with Crippen molar-refractivity contribution in [3.8, 4) is 0 Å². The zero-order valence-electron chi connectivity index (χ0n) is 11.5. The second-order valence-corrected chi connectivity index (χ2v) is 5.57. The summed E-state index contributed by atoms with van der Waals surface area (Å²) in [5, 5.41) is 15.9. The Morgan fingerprint density at radius 3 is 2.86 bits per heavy atom. The number of nitrogens with zero attached hydrogens (tertiary/aromatic N) is 3. The van der Waals surface area contributed by atoms with Gasteiger partial charge in [0.1, 0.15) is 0 Å². The van der Waals surface area contributed by atoms with E-state index in [0.29, 0.717) is 17.6 Å². The van der Waals surface area contributed by atoms with Gasteiger partial charge in [-0.2, -0.15) is 5.10 Å². The van der Waals surface area contributed by atoms with E-state index in [1.807, 2.05) is 0 Å². The predicted molar refractivity (Wildman–Crippen MR) is 73.9 cm³/mol. The molecule has 1 aliphatic rings. The van der Waals surface area contributed by atoms with Crippen LogP contribution < -0.4 is 5.32 Å². The lowest BCUT2D eigenvalue weighted by molar-refractivity contribution is -0.141. The van der Waals surface area contributed by atoms with Gasteiger partial charge in [0.15, 0.2) is 0 Å². The largest absolute Gasteiger partial charge is 0.481 e. The van der Waals surface area contributed by atoms with Crippen LogP contribution in [-0.2, 0) is 4.79 Å². The fourth-order valence-electron chi connectivity index (χ4n) is 2.79. The first-order valence-electron chi connectivity index (χ1n) is 6.87. The van der Waals surface area contributed by atoms with Gasteiger partial charge in [0.05, 0.1) is 29.9 Å². The molecule has 0 radical (unpaired) electrons. The summed E-state index contributed by atoms with van der Waals surface area (Å²) in [4.78, 5) is 27.2. The summed E-state index contributed by atoms with van der Waals surface area (Å²) < 4.78 is 1.58. The zero-order chi connectivity index (χ0) is 14.9. The Bertz CT molecular complexity index is 690. The van der Waals surface area contributed by atoms with Gasteiger partial charge in [-0.1, -0.05) is 6.42 Å². The third-order valence-electron chi connectivity index (χ3n) is 4.13. The summed E-state index contributed by atoms with van der Waals surface area (Å²) in [5.41, 5.74) is 0.798. The molecule has 0 saturated heterocycles. The Morgan fingerprint density at radius 2 is 2.19 bits per heavy atom. The van der Waals surface area contributed by atoms with E-state index in [1.54, 1.807) is 23.1 Å². The van der Waals surface area contributed by atoms with E-state index in [1.165, 1.54) is 6.20 Å². The lowest BCUT2D eigenvalue weighted by atomic mass is 9.66. The molecular formula is C14H16N4O3. The summed E-state index contributed by atoms with van der Waals surface area (Å²) in [6.45, 7) is 0.385. The lowest BCUT2D eigenvalue weighted by Gasteiger charge is -2.40. The number of aromatic nitrogens is 3. The van der Waals surface area contributed by atoms with Crippen molar-refractivity contribution in [2.45, 2.75) is 25.7 Å². The first-order chi connectivity index (χ1) is 10.1. The fraction of sp³-hybridized carbons (Fsp3) is 0.429. The Labute approximate surface area is 121 Å². The molecular weight excluding hydrogens is 272 g/mol. The molecule has 1 saturated carbocycles. The van der Waals surface area contributed by atoms with Crippen molar-refractivity contribution in [2.75, 3.05) is 6.54 Å². The monoisotopic (exact) mass is 288 g/mol. The molecule has 0 unspecified atom stereocenters. The van der Waals surface area contributed by atoms with Crippen LogP contribution in [0.1, 0.15) is 36.0 Å². The Hall–Kier alpha value is -2.44. The number of hydrogen-bond acceptors (Lipinski definition) is 4. The first kappa shape index (κ1) is 13.5. The SMILES string of the molecule is O=C(O)CC1(CNC(=O)c2cnn3ccncc23)CCC1. The summed E-state index contributed by atoms with van der Waals surface area (Å²) in [5.74, 6) is -1.06. The molecule has 21 heavy (non-hydrogen) atoms. The van der Waals surface area contributed by atoms with Gasteiger partial charge >= 0.3 is 5.97 Å². The van der Waals surface area contributed by atoms with Crippen molar-refractivity contribution in [2.24, 2.45) is 5.41 Å². The van der Waals surface area contributed by atoms with Crippen LogP contribution in [0.4, 0.5) is 0 Å². The number of carboxylic acid groups (broad SMARTS) is 1. The highest BCUT2D eigenvalue weighted by Gasteiger charge is 2.39. The minimum atomic E-state index is -0.816. The molecule has 1 fully saturated rings. The molecule has 0 aromatic carbocycles. The van der Waals surface area contributed by atoms with Gasteiger partial charge in [0.25, 0.3) is 5.91 Å². The van der Waals surface area contributed by atoms with Crippen LogP contribution in [0.2, 0.25) is 0 Å². The number of nitrogens with one attached hydrogen (secondary N) is 1. The maximum absolute atomic E-state index is 12.3. The molecule has 2 aromatic rings. The van der Waals surface area contributed by atoms with Crippen molar-refractivity contribution in [3.05, 3.63) is 30.4 Å². The van der Waals surface area contributed by atoms with Gasteiger partial charge in [-0.05, 0) is 18.3 Å². The molecule has 0 bridgehead atoms. The van der Waals surface area contributed by atoms with Gasteiger partial charge in [-0.15, -0.1) is 0 Å². The van der Waals surface area contributed by atoms with Crippen molar-refractivity contribution < 1.29 is 14.7 Å². The summed E-state index contributed by atoms with van der Waals surface area (Å²) in [7, 11) is 0. The van der Waals surface area contributed by atoms with E-state index in [4.69, 9.17) is 5.11 Å². The molecule has 7 nitrogen and oxygen atoms in total. The minimum Gasteiger partial charge on any atom is -0.481 e. The van der Waals surface area contributed by atoms with Gasteiger partial charge in [0, 0.05) is 18.9 Å². The average molecular weight is 288 g/mol. The van der Waals surface area contributed by atoms with Crippen LogP contribution in [0.25, 0.3) is 5.52 Å². The van der Waals surface area contributed by atoms with E-state index in [2.05, 4.69) is 15.4 Å². The Kier molecular flexibility index (Phi) is 3.32. The minimum absolute atomic E-state index is 0.101. The molecule has 7 heteroatoms. The maximum atomic E-state index is 12.3. The number of carboxylic acids is 1. The van der Waals surface area contributed by atoms with Crippen molar-refractivity contribution in [1.29, 1.82) is 0 Å². The van der Waals surface area contributed by atoms with Gasteiger partial charge in [0.2, 0.25) is 0 Å². The molecule has 2 N–H and O–H groups in total. The van der Waals surface area contributed by atoms with Gasteiger partial charge in [-0.25, -0.2) is 4.52 Å². The number of carbonyl (C=O) groups is 2. The zero-order valence-corrected chi connectivity index (χ0v) is 11.5. The number of aliphatic carboxylic acids is 1. The lowest BCUT2D eigenvalue weighted by Crippen LogP contribution is -2.43. The van der Waals surface area contributed by atoms with Crippen molar-refractivity contribution in [3.63, 3.8) is 0 Å². The molecule has 0 aliphatic heterocycles. The summed E-state index contributed by atoms with van der Waals surface area (Å²) in [6, 6.07) is 0. The second-order valence-electron chi connectivity index (χ2n) is 5.57. The average Bonchev–Trinajstić information content (AvgIpc) is 2.85. The number of fused-ring (bicyclic) bond motifs is 1. The van der Waals surface area contributed by atoms with E-state index in [-0.39, 0.29) is 17.7 Å². The highest BCUT2D eigenvalue weighted by molar-refractivity contribution is 6.00. The molecule has 0 spiro atoms. The third-order valence-corrected chi connectivity index (χ3v) is 4.13. The van der Waals surface area contributed by atoms with Gasteiger partial charge in [-0.3, -0.25) is 14.6 Å². The molecule has 3 rings (SSSR count). The Morgan fingerprint density at radius 1 is 1.38 bits per heavy atom. The fourth-order valence-corrected chi connectivity index (χ4v) is 2.79. The molecule has 1 aliphatic carbocycles. The number of hydrogen-bond donors (Lipinski definition) is 2. The van der Waals surface area contributed by atoms with Crippen molar-refractivity contribution >= 4 is 17.4 Å². The Balaban J connectivity index is 1.70. The third kappa shape index (κ3) is 2.58. The standard InChI is InChI=1S/C14H16N4O3/c19-12(20)6-14(2-1-3-14)9-16-13(21)10-7-17-18-5-4-15-8-11(10)18/h4-5,7-8H,1-3,6,9H2,(H,16,21)(H,19,20). The van der Waals surface area contributed by atoms with Crippen LogP contribution >= 0.6 is 0 Å². The summed E-state index contributed by atoms with van der Waals surface area (Å²) in [6.07, 6.45) is 9.15. The quantitative estimate of drug-likeness (QED) is 0.859. The number of amides is 1. The molecule has 2 aromatic heterocycles. The second kappa shape index (κ2) is 5.16. The van der Waals surface area contributed by atoms with E-state index in [0.717, 1.165) is 19.3 Å². The van der Waals surface area contributed by atoms with E-state index >= 15 is 0 Å².